The molecule has 1 nitrogen and oxygen atoms in total. The molecule has 1 unspecified atom stereocenters. The number of hydrogen-bond acceptors (Lipinski definition) is 1. The molecule has 0 amide bonds. The van der Waals surface area contributed by atoms with E-state index >= 15 is 0 Å². The highest BCUT2D eigenvalue weighted by Gasteiger charge is 2.17. The number of hydrogen-bond donors (Lipinski definition) is 0. The number of benzene rings is 1. The lowest BCUT2D eigenvalue weighted by Crippen LogP contribution is -2.22. The zero-order valence-electron chi connectivity index (χ0n) is 11.0. The van der Waals surface area contributed by atoms with Crippen LogP contribution in [0.15, 0.2) is 12.1 Å². The third-order valence-corrected chi connectivity index (χ3v) is 3.30. The average Bonchev–Trinajstić information content (AvgIpc) is 2.14. The Bertz CT molecular complexity index is 335. The van der Waals surface area contributed by atoms with Gasteiger partial charge in [-0.05, 0) is 58.0 Å². The van der Waals surface area contributed by atoms with Gasteiger partial charge in [0.25, 0.3) is 0 Å². The normalized spacial score (nSPS) is 13.2. The van der Waals surface area contributed by atoms with Crippen LogP contribution in [0.1, 0.15) is 34.7 Å². The van der Waals surface area contributed by atoms with Crippen molar-refractivity contribution in [2.75, 3.05) is 20.0 Å². The number of aryl methyl sites for hydroxylation is 3. The average molecular weight is 240 g/mol. The summed E-state index contributed by atoms with van der Waals surface area (Å²) in [5.74, 6) is 0.704. The van der Waals surface area contributed by atoms with Gasteiger partial charge < -0.3 is 4.90 Å². The summed E-state index contributed by atoms with van der Waals surface area (Å²) in [6, 6.07) is 4.94. The summed E-state index contributed by atoms with van der Waals surface area (Å²) in [6.07, 6.45) is 0.999. The SMILES string of the molecule is Cc1cc(C)c(C(CCCl)N(C)C)c(C)c1. The van der Waals surface area contributed by atoms with E-state index in [9.17, 15) is 0 Å². The fourth-order valence-corrected chi connectivity index (χ4v) is 2.69. The van der Waals surface area contributed by atoms with Crippen molar-refractivity contribution in [3.63, 3.8) is 0 Å². The molecule has 0 bridgehead atoms. The molecule has 0 spiro atoms. The Morgan fingerprint density at radius 3 is 2.00 bits per heavy atom. The van der Waals surface area contributed by atoms with Gasteiger partial charge in [-0.25, -0.2) is 0 Å². The molecule has 1 atom stereocenters. The first-order chi connectivity index (χ1) is 7.47. The first kappa shape index (κ1) is 13.5. The molecular weight excluding hydrogens is 218 g/mol. The zero-order chi connectivity index (χ0) is 12.3. The maximum atomic E-state index is 5.90. The van der Waals surface area contributed by atoms with Crippen LogP contribution in [0.25, 0.3) is 0 Å². The van der Waals surface area contributed by atoms with Crippen LogP contribution in [0, 0.1) is 20.8 Å². The van der Waals surface area contributed by atoms with Gasteiger partial charge in [-0.2, -0.15) is 0 Å². The van der Waals surface area contributed by atoms with Crippen LogP contribution in [0.4, 0.5) is 0 Å². The second-order valence-electron chi connectivity index (χ2n) is 4.77. The Balaban J connectivity index is 3.18. The molecule has 0 radical (unpaired) electrons. The van der Waals surface area contributed by atoms with Crippen molar-refractivity contribution < 1.29 is 0 Å². The van der Waals surface area contributed by atoms with Crippen molar-refractivity contribution in [3.8, 4) is 0 Å². The number of nitrogens with zero attached hydrogens (tertiary/aromatic N) is 1. The molecule has 0 fully saturated rings. The predicted octanol–water partition coefficient (Wildman–Crippen LogP) is 3.84. The lowest BCUT2D eigenvalue weighted by molar-refractivity contribution is 0.291. The smallest absolute Gasteiger partial charge is 0.0358 e. The number of halogens is 1. The maximum Gasteiger partial charge on any atom is 0.0358 e. The Morgan fingerprint density at radius 1 is 1.12 bits per heavy atom. The van der Waals surface area contributed by atoms with Gasteiger partial charge in [0.15, 0.2) is 0 Å². The highest BCUT2D eigenvalue weighted by molar-refractivity contribution is 6.17. The lowest BCUT2D eigenvalue weighted by atomic mass is 9.92. The molecule has 1 aromatic rings. The summed E-state index contributed by atoms with van der Waals surface area (Å²) >= 11 is 5.90. The minimum atomic E-state index is 0.429. The third-order valence-electron chi connectivity index (χ3n) is 3.08. The molecule has 0 aliphatic rings. The minimum Gasteiger partial charge on any atom is -0.302 e. The van der Waals surface area contributed by atoms with E-state index in [0.717, 1.165) is 6.42 Å². The first-order valence-electron chi connectivity index (χ1n) is 5.77. The Labute approximate surface area is 104 Å². The van der Waals surface area contributed by atoms with Crippen LogP contribution < -0.4 is 0 Å². The number of alkyl halides is 1. The van der Waals surface area contributed by atoms with E-state index in [1.807, 2.05) is 0 Å². The van der Waals surface area contributed by atoms with Crippen molar-refractivity contribution >= 4 is 11.6 Å². The molecule has 0 aliphatic carbocycles. The van der Waals surface area contributed by atoms with E-state index in [1.54, 1.807) is 0 Å². The van der Waals surface area contributed by atoms with Crippen LogP contribution in [0.5, 0.6) is 0 Å². The minimum absolute atomic E-state index is 0.429. The van der Waals surface area contributed by atoms with Crippen LogP contribution >= 0.6 is 11.6 Å². The van der Waals surface area contributed by atoms with Gasteiger partial charge in [0.2, 0.25) is 0 Å². The molecule has 0 aromatic heterocycles. The second-order valence-corrected chi connectivity index (χ2v) is 5.15. The largest absolute Gasteiger partial charge is 0.302 e. The zero-order valence-corrected chi connectivity index (χ0v) is 11.7. The van der Waals surface area contributed by atoms with Crippen LogP contribution in [0.2, 0.25) is 0 Å². The highest BCUT2D eigenvalue weighted by atomic mass is 35.5. The molecule has 0 aliphatic heterocycles. The van der Waals surface area contributed by atoms with E-state index in [-0.39, 0.29) is 0 Å². The lowest BCUT2D eigenvalue weighted by Gasteiger charge is -2.27. The molecule has 1 rings (SSSR count). The van der Waals surface area contributed by atoms with Crippen molar-refractivity contribution in [1.29, 1.82) is 0 Å². The van der Waals surface area contributed by atoms with Gasteiger partial charge >= 0.3 is 0 Å². The third kappa shape index (κ3) is 2.99. The Morgan fingerprint density at radius 2 is 1.62 bits per heavy atom. The van der Waals surface area contributed by atoms with E-state index in [2.05, 4.69) is 51.9 Å². The fraction of sp³-hybridized carbons (Fsp3) is 0.571. The molecule has 0 saturated carbocycles. The van der Waals surface area contributed by atoms with Gasteiger partial charge in [-0.1, -0.05) is 17.7 Å². The standard InChI is InChI=1S/C14H22ClN/c1-10-8-11(2)14(12(3)9-10)13(6-7-15)16(4)5/h8-9,13H,6-7H2,1-5H3. The van der Waals surface area contributed by atoms with Crippen molar-refractivity contribution in [2.24, 2.45) is 0 Å². The van der Waals surface area contributed by atoms with E-state index in [0.29, 0.717) is 11.9 Å². The molecule has 1 aromatic carbocycles. The quantitative estimate of drug-likeness (QED) is 0.722. The van der Waals surface area contributed by atoms with E-state index in [4.69, 9.17) is 11.6 Å². The molecule has 16 heavy (non-hydrogen) atoms. The van der Waals surface area contributed by atoms with Gasteiger partial charge in [0.05, 0.1) is 0 Å². The molecule has 0 saturated heterocycles. The fourth-order valence-electron chi connectivity index (χ4n) is 2.48. The van der Waals surface area contributed by atoms with Crippen LogP contribution in [0.3, 0.4) is 0 Å². The maximum absolute atomic E-state index is 5.90. The Kier molecular flexibility index (Phi) is 4.82. The number of rotatable bonds is 4. The summed E-state index contributed by atoms with van der Waals surface area (Å²) < 4.78 is 0. The molecule has 90 valence electrons. The van der Waals surface area contributed by atoms with Gasteiger partial charge in [0.1, 0.15) is 0 Å². The van der Waals surface area contributed by atoms with Crippen molar-refractivity contribution in [1.82, 2.24) is 4.90 Å². The molecule has 2 heteroatoms. The molecule has 0 N–H and O–H groups in total. The van der Waals surface area contributed by atoms with Crippen molar-refractivity contribution in [3.05, 3.63) is 34.4 Å². The Hall–Kier alpha value is -0.530. The summed E-state index contributed by atoms with van der Waals surface area (Å²) in [6.45, 7) is 6.54. The van der Waals surface area contributed by atoms with Crippen LogP contribution in [-0.2, 0) is 0 Å². The summed E-state index contributed by atoms with van der Waals surface area (Å²) in [7, 11) is 4.24. The highest BCUT2D eigenvalue weighted by Crippen LogP contribution is 2.29. The first-order valence-corrected chi connectivity index (χ1v) is 6.31. The summed E-state index contributed by atoms with van der Waals surface area (Å²) in [5.41, 5.74) is 5.53. The predicted molar refractivity (Wildman–Crippen MR) is 72.4 cm³/mol. The monoisotopic (exact) mass is 239 g/mol. The molecule has 0 heterocycles. The topological polar surface area (TPSA) is 3.24 Å². The van der Waals surface area contributed by atoms with Crippen LogP contribution in [-0.4, -0.2) is 24.9 Å². The van der Waals surface area contributed by atoms with Gasteiger partial charge in [0, 0.05) is 11.9 Å². The summed E-state index contributed by atoms with van der Waals surface area (Å²) in [5, 5.41) is 0. The summed E-state index contributed by atoms with van der Waals surface area (Å²) in [4.78, 5) is 2.26. The molecular formula is C14H22ClN. The van der Waals surface area contributed by atoms with Gasteiger partial charge in [-0.15, -0.1) is 11.6 Å². The van der Waals surface area contributed by atoms with Gasteiger partial charge in [-0.3, -0.25) is 0 Å². The second kappa shape index (κ2) is 5.70. The van der Waals surface area contributed by atoms with Crippen molar-refractivity contribution in [2.45, 2.75) is 33.2 Å². The van der Waals surface area contributed by atoms with E-state index in [1.165, 1.54) is 22.3 Å². The van der Waals surface area contributed by atoms with E-state index < -0.39 is 0 Å².